The maximum Gasteiger partial charge on any atom is 0.310 e. The lowest BCUT2D eigenvalue weighted by Crippen LogP contribution is -2.11. The number of hydrogen-bond donors (Lipinski definition) is 1. The molecule has 0 saturated carbocycles. The number of aromatic nitrogens is 1. The van der Waals surface area contributed by atoms with Crippen LogP contribution in [-0.2, 0) is 22.5 Å². The minimum absolute atomic E-state index is 0.0205. The predicted octanol–water partition coefficient (Wildman–Crippen LogP) is 1.20. The Hall–Kier alpha value is -1.76. The Kier molecular flexibility index (Phi) is 4.96. The van der Waals surface area contributed by atoms with E-state index in [1.165, 1.54) is 20.3 Å². The molecule has 0 aliphatic carbocycles. The van der Waals surface area contributed by atoms with Gasteiger partial charge in [-0.2, -0.15) is 0 Å². The molecule has 0 radical (unpaired) electrons. The first-order chi connectivity index (χ1) is 8.53. The number of alkyl halides is 2. The van der Waals surface area contributed by atoms with Gasteiger partial charge in [0, 0.05) is 12.1 Å². The number of halogens is 2. The van der Waals surface area contributed by atoms with Gasteiger partial charge in [-0.15, -0.1) is 0 Å². The second-order valence-electron chi connectivity index (χ2n) is 3.46. The Bertz CT molecular complexity index is 439. The molecule has 0 spiro atoms. The number of rotatable bonds is 5. The highest BCUT2D eigenvalue weighted by molar-refractivity contribution is 5.73. The molecule has 18 heavy (non-hydrogen) atoms. The van der Waals surface area contributed by atoms with E-state index in [9.17, 15) is 13.6 Å². The molecule has 100 valence electrons. The highest BCUT2D eigenvalue weighted by Crippen LogP contribution is 2.27. The topological polar surface area (TPSA) is 74.4 Å². The maximum absolute atomic E-state index is 12.7. The molecule has 0 aliphatic heterocycles. The Morgan fingerprint density at radius 1 is 1.44 bits per heavy atom. The Morgan fingerprint density at radius 2 is 2.11 bits per heavy atom. The van der Waals surface area contributed by atoms with Crippen molar-refractivity contribution in [2.75, 3.05) is 14.2 Å². The first kappa shape index (κ1) is 14.3. The molecule has 0 aliphatic rings. The van der Waals surface area contributed by atoms with Crippen LogP contribution in [0, 0.1) is 0 Å². The van der Waals surface area contributed by atoms with Crippen molar-refractivity contribution in [3.8, 4) is 5.88 Å². The van der Waals surface area contributed by atoms with E-state index in [1.807, 2.05) is 0 Å². The van der Waals surface area contributed by atoms with Gasteiger partial charge < -0.3 is 15.2 Å². The molecule has 0 bridgehead atoms. The van der Waals surface area contributed by atoms with E-state index < -0.39 is 18.1 Å². The molecule has 0 amide bonds. The van der Waals surface area contributed by atoms with Crippen molar-refractivity contribution >= 4 is 5.97 Å². The van der Waals surface area contributed by atoms with Crippen molar-refractivity contribution in [1.29, 1.82) is 0 Å². The van der Waals surface area contributed by atoms with E-state index in [0.717, 1.165) is 0 Å². The van der Waals surface area contributed by atoms with Crippen molar-refractivity contribution in [2.24, 2.45) is 5.73 Å². The number of ether oxygens (including phenoxy) is 2. The Balaban J connectivity index is 3.21. The van der Waals surface area contributed by atoms with Gasteiger partial charge in [-0.25, -0.2) is 13.8 Å². The predicted molar refractivity (Wildman–Crippen MR) is 59.4 cm³/mol. The SMILES string of the molecule is COC(=O)Cc1cc(CN)c(C(F)F)nc1OC. The molecule has 1 rings (SSSR count). The van der Waals surface area contributed by atoms with Crippen molar-refractivity contribution in [2.45, 2.75) is 19.4 Å². The number of carbonyl (C=O) groups is 1. The lowest BCUT2D eigenvalue weighted by atomic mass is 10.1. The summed E-state index contributed by atoms with van der Waals surface area (Å²) >= 11 is 0. The zero-order valence-corrected chi connectivity index (χ0v) is 10.1. The molecular weight excluding hydrogens is 246 g/mol. The zero-order valence-electron chi connectivity index (χ0n) is 10.1. The third-order valence-corrected chi connectivity index (χ3v) is 2.36. The molecule has 1 heterocycles. The van der Waals surface area contributed by atoms with Crippen molar-refractivity contribution in [1.82, 2.24) is 4.98 Å². The standard InChI is InChI=1S/C11H14F2N2O3/c1-17-8(16)4-6-3-7(5-14)9(10(12)13)15-11(6)18-2/h3,10H,4-5,14H2,1-2H3. The summed E-state index contributed by atoms with van der Waals surface area (Å²) in [4.78, 5) is 14.9. The molecule has 0 aromatic carbocycles. The number of nitrogens with two attached hydrogens (primary N) is 1. The second-order valence-corrected chi connectivity index (χ2v) is 3.46. The number of carbonyl (C=O) groups excluding carboxylic acids is 1. The van der Waals surface area contributed by atoms with Gasteiger partial charge in [-0.05, 0) is 11.6 Å². The summed E-state index contributed by atoms with van der Waals surface area (Å²) in [6, 6.07) is 1.39. The smallest absolute Gasteiger partial charge is 0.310 e. The minimum Gasteiger partial charge on any atom is -0.481 e. The summed E-state index contributed by atoms with van der Waals surface area (Å²) in [6.45, 7) is -0.0924. The monoisotopic (exact) mass is 260 g/mol. The number of hydrogen-bond acceptors (Lipinski definition) is 5. The lowest BCUT2D eigenvalue weighted by Gasteiger charge is -2.12. The molecule has 1 aromatic rings. The molecular formula is C11H14F2N2O3. The average molecular weight is 260 g/mol. The fraction of sp³-hybridized carbons (Fsp3) is 0.455. The number of nitrogens with zero attached hydrogens (tertiary/aromatic N) is 1. The molecule has 7 heteroatoms. The summed E-state index contributed by atoms with van der Waals surface area (Å²) in [5.41, 5.74) is 5.51. The van der Waals surface area contributed by atoms with E-state index >= 15 is 0 Å². The summed E-state index contributed by atoms with van der Waals surface area (Å²) in [7, 11) is 2.53. The summed E-state index contributed by atoms with van der Waals surface area (Å²) in [6.07, 6.45) is -2.85. The van der Waals surface area contributed by atoms with E-state index in [2.05, 4.69) is 9.72 Å². The largest absolute Gasteiger partial charge is 0.481 e. The van der Waals surface area contributed by atoms with Gasteiger partial charge in [-0.1, -0.05) is 0 Å². The van der Waals surface area contributed by atoms with Gasteiger partial charge >= 0.3 is 5.97 Å². The van der Waals surface area contributed by atoms with E-state index in [-0.39, 0.29) is 24.4 Å². The lowest BCUT2D eigenvalue weighted by molar-refractivity contribution is -0.139. The summed E-state index contributed by atoms with van der Waals surface area (Å²) in [5, 5.41) is 0. The molecule has 0 saturated heterocycles. The average Bonchev–Trinajstić information content (AvgIpc) is 2.37. The van der Waals surface area contributed by atoms with Crippen LogP contribution in [0.25, 0.3) is 0 Å². The van der Waals surface area contributed by atoms with Crippen molar-refractivity contribution in [3.05, 3.63) is 22.9 Å². The van der Waals surface area contributed by atoms with Crippen LogP contribution in [0.1, 0.15) is 23.2 Å². The molecule has 0 unspecified atom stereocenters. The first-order valence-corrected chi connectivity index (χ1v) is 5.15. The van der Waals surface area contributed by atoms with Crippen LogP contribution in [0.5, 0.6) is 5.88 Å². The Morgan fingerprint density at radius 3 is 2.56 bits per heavy atom. The first-order valence-electron chi connectivity index (χ1n) is 5.15. The van der Waals surface area contributed by atoms with Crippen LogP contribution >= 0.6 is 0 Å². The number of esters is 1. The fourth-order valence-corrected chi connectivity index (χ4v) is 1.48. The van der Waals surface area contributed by atoms with Gasteiger partial charge in [0.2, 0.25) is 5.88 Å². The quantitative estimate of drug-likeness (QED) is 0.805. The van der Waals surface area contributed by atoms with Crippen LogP contribution in [0.3, 0.4) is 0 Å². The van der Waals surface area contributed by atoms with Crippen LogP contribution in [0.2, 0.25) is 0 Å². The van der Waals surface area contributed by atoms with E-state index in [0.29, 0.717) is 5.56 Å². The number of methoxy groups -OCH3 is 2. The van der Waals surface area contributed by atoms with E-state index in [4.69, 9.17) is 10.5 Å². The molecule has 0 fully saturated rings. The second kappa shape index (κ2) is 6.25. The van der Waals surface area contributed by atoms with Gasteiger partial charge in [0.1, 0.15) is 5.69 Å². The maximum atomic E-state index is 12.7. The van der Waals surface area contributed by atoms with Gasteiger partial charge in [-0.3, -0.25) is 4.79 Å². The highest BCUT2D eigenvalue weighted by Gasteiger charge is 2.19. The third kappa shape index (κ3) is 3.13. The van der Waals surface area contributed by atoms with Crippen molar-refractivity contribution in [3.63, 3.8) is 0 Å². The fourth-order valence-electron chi connectivity index (χ4n) is 1.48. The third-order valence-electron chi connectivity index (χ3n) is 2.36. The molecule has 0 atom stereocenters. The van der Waals surface area contributed by atoms with E-state index in [1.54, 1.807) is 0 Å². The van der Waals surface area contributed by atoms with Crippen LogP contribution < -0.4 is 10.5 Å². The minimum atomic E-state index is -2.75. The van der Waals surface area contributed by atoms with Crippen LogP contribution in [0.4, 0.5) is 8.78 Å². The summed E-state index contributed by atoms with van der Waals surface area (Å²) in [5.74, 6) is -0.532. The highest BCUT2D eigenvalue weighted by atomic mass is 19.3. The van der Waals surface area contributed by atoms with Gasteiger partial charge in [0.25, 0.3) is 6.43 Å². The van der Waals surface area contributed by atoms with Crippen LogP contribution in [0.15, 0.2) is 6.07 Å². The van der Waals surface area contributed by atoms with Gasteiger partial charge in [0.15, 0.2) is 0 Å². The van der Waals surface area contributed by atoms with Crippen molar-refractivity contribution < 1.29 is 23.0 Å². The Labute approximate surface area is 103 Å². The zero-order chi connectivity index (χ0) is 13.7. The number of pyridine rings is 1. The summed E-state index contributed by atoms with van der Waals surface area (Å²) < 4.78 is 34.8. The normalized spacial score (nSPS) is 10.6. The molecule has 5 nitrogen and oxygen atoms in total. The van der Waals surface area contributed by atoms with Crippen LogP contribution in [-0.4, -0.2) is 25.2 Å². The molecule has 2 N–H and O–H groups in total. The van der Waals surface area contributed by atoms with Gasteiger partial charge in [0.05, 0.1) is 20.6 Å². The molecule has 1 aromatic heterocycles.